The van der Waals surface area contributed by atoms with Gasteiger partial charge >= 0.3 is 0 Å². The molecule has 0 aliphatic rings. The van der Waals surface area contributed by atoms with Gasteiger partial charge in [-0.2, -0.15) is 0 Å². The maximum absolute atomic E-state index is 12.6. The van der Waals surface area contributed by atoms with Gasteiger partial charge in [-0.1, -0.05) is 0 Å². The largest absolute Gasteiger partial charge is 0.444 e. The van der Waals surface area contributed by atoms with E-state index in [0.717, 1.165) is 12.0 Å². The highest BCUT2D eigenvalue weighted by atomic mass is 19.1. The van der Waals surface area contributed by atoms with Crippen molar-refractivity contribution in [1.29, 1.82) is 0 Å². The molecular formula is C11H12FN3O. The number of hydrogen-bond acceptors (Lipinski definition) is 4. The van der Waals surface area contributed by atoms with Gasteiger partial charge in [-0.05, 0) is 26.0 Å². The number of aryl methyl sites for hydroxylation is 1. The Morgan fingerprint density at radius 1 is 1.31 bits per heavy atom. The predicted molar refractivity (Wildman–Crippen MR) is 57.5 cm³/mol. The molecule has 0 aliphatic heterocycles. The van der Waals surface area contributed by atoms with Crippen LogP contribution in [0.3, 0.4) is 0 Å². The van der Waals surface area contributed by atoms with Crippen LogP contribution in [-0.2, 0) is 0 Å². The second-order valence-corrected chi connectivity index (χ2v) is 3.54. The molecule has 5 heteroatoms. The van der Waals surface area contributed by atoms with Gasteiger partial charge in [-0.3, -0.25) is 0 Å². The van der Waals surface area contributed by atoms with Crippen LogP contribution in [0.25, 0.3) is 0 Å². The molecule has 4 nitrogen and oxygen atoms in total. The zero-order valence-corrected chi connectivity index (χ0v) is 9.07. The first-order valence-corrected chi connectivity index (χ1v) is 4.95. The molecule has 0 radical (unpaired) electrons. The summed E-state index contributed by atoms with van der Waals surface area (Å²) in [6, 6.07) is 2.82. The molecule has 2 rings (SSSR count). The smallest absolute Gasteiger partial charge is 0.216 e. The lowest BCUT2D eigenvalue weighted by Crippen LogP contribution is -2.08. The highest BCUT2D eigenvalue weighted by Gasteiger charge is 2.11. The summed E-state index contributed by atoms with van der Waals surface area (Å²) < 4.78 is 18.0. The van der Waals surface area contributed by atoms with E-state index in [1.54, 1.807) is 12.3 Å². The normalized spacial score (nSPS) is 12.4. The molecule has 0 bridgehead atoms. The summed E-state index contributed by atoms with van der Waals surface area (Å²) in [5.74, 6) is 1.58. The van der Waals surface area contributed by atoms with Crippen molar-refractivity contribution < 1.29 is 8.81 Å². The lowest BCUT2D eigenvalue weighted by atomic mass is 10.3. The second-order valence-electron chi connectivity index (χ2n) is 3.54. The molecule has 0 spiro atoms. The van der Waals surface area contributed by atoms with E-state index in [-0.39, 0.29) is 11.9 Å². The van der Waals surface area contributed by atoms with Gasteiger partial charge in [0.25, 0.3) is 0 Å². The summed E-state index contributed by atoms with van der Waals surface area (Å²) in [5, 5.41) is 3.06. The van der Waals surface area contributed by atoms with Crippen molar-refractivity contribution in [2.45, 2.75) is 19.9 Å². The van der Waals surface area contributed by atoms with Crippen LogP contribution in [-0.4, -0.2) is 9.97 Å². The lowest BCUT2D eigenvalue weighted by molar-refractivity contribution is 0.453. The van der Waals surface area contributed by atoms with Crippen molar-refractivity contribution in [3.05, 3.63) is 42.0 Å². The average Bonchev–Trinajstić information content (AvgIpc) is 2.68. The highest BCUT2D eigenvalue weighted by molar-refractivity contribution is 5.35. The predicted octanol–water partition coefficient (Wildman–Crippen LogP) is 2.69. The molecular weight excluding hydrogens is 209 g/mol. The number of oxazole rings is 1. The Morgan fingerprint density at radius 2 is 2.12 bits per heavy atom. The fourth-order valence-corrected chi connectivity index (χ4v) is 1.32. The third kappa shape index (κ3) is 2.36. The van der Waals surface area contributed by atoms with E-state index >= 15 is 0 Å². The van der Waals surface area contributed by atoms with E-state index in [1.807, 2.05) is 13.8 Å². The molecule has 1 unspecified atom stereocenters. The molecule has 0 aliphatic carbocycles. The highest BCUT2D eigenvalue weighted by Crippen LogP contribution is 2.17. The molecule has 84 valence electrons. The third-order valence-electron chi connectivity index (χ3n) is 2.10. The Kier molecular flexibility index (Phi) is 2.85. The molecule has 16 heavy (non-hydrogen) atoms. The SMILES string of the molecule is Cc1cnc(C(C)Nc2ccc(F)cn2)o1. The molecule has 0 saturated carbocycles. The van der Waals surface area contributed by atoms with Crippen LogP contribution in [0, 0.1) is 12.7 Å². The van der Waals surface area contributed by atoms with Crippen molar-refractivity contribution in [2.24, 2.45) is 0 Å². The molecule has 0 fully saturated rings. The Morgan fingerprint density at radius 3 is 2.69 bits per heavy atom. The standard InChI is InChI=1S/C11H12FN3O/c1-7-5-14-11(16-7)8(2)15-10-4-3-9(12)6-13-10/h3-6,8H,1-2H3,(H,13,15). The van der Waals surface area contributed by atoms with Crippen LogP contribution < -0.4 is 5.32 Å². The van der Waals surface area contributed by atoms with Crippen LogP contribution >= 0.6 is 0 Å². The molecule has 0 saturated heterocycles. The first kappa shape index (κ1) is 10.6. The van der Waals surface area contributed by atoms with Crippen molar-refractivity contribution >= 4 is 5.82 Å². The number of aromatic nitrogens is 2. The van der Waals surface area contributed by atoms with Crippen LogP contribution in [0.5, 0.6) is 0 Å². The Bertz CT molecular complexity index is 466. The van der Waals surface area contributed by atoms with Crippen molar-refractivity contribution in [2.75, 3.05) is 5.32 Å². The second kappa shape index (κ2) is 4.30. The van der Waals surface area contributed by atoms with E-state index in [4.69, 9.17) is 4.42 Å². The molecule has 2 heterocycles. The monoisotopic (exact) mass is 221 g/mol. The summed E-state index contributed by atoms with van der Waals surface area (Å²) in [5.41, 5.74) is 0. The summed E-state index contributed by atoms with van der Waals surface area (Å²) in [6.07, 6.45) is 2.82. The van der Waals surface area contributed by atoms with E-state index in [2.05, 4.69) is 15.3 Å². The number of hydrogen-bond donors (Lipinski definition) is 1. The Balaban J connectivity index is 2.07. The Labute approximate surface area is 92.5 Å². The zero-order valence-electron chi connectivity index (χ0n) is 9.07. The summed E-state index contributed by atoms with van der Waals surface area (Å²) in [7, 11) is 0. The molecule has 2 aromatic heterocycles. The fraction of sp³-hybridized carbons (Fsp3) is 0.273. The maximum atomic E-state index is 12.6. The van der Waals surface area contributed by atoms with Gasteiger partial charge in [0, 0.05) is 0 Å². The van der Waals surface area contributed by atoms with E-state index in [9.17, 15) is 4.39 Å². The molecule has 1 atom stereocenters. The summed E-state index contributed by atoms with van der Waals surface area (Å²) in [6.45, 7) is 3.73. The quantitative estimate of drug-likeness (QED) is 0.865. The fourth-order valence-electron chi connectivity index (χ4n) is 1.32. The minimum absolute atomic E-state index is 0.105. The van der Waals surface area contributed by atoms with Gasteiger partial charge in [-0.15, -0.1) is 0 Å². The lowest BCUT2D eigenvalue weighted by Gasteiger charge is -2.10. The third-order valence-corrected chi connectivity index (χ3v) is 2.10. The number of rotatable bonds is 3. The first-order valence-electron chi connectivity index (χ1n) is 4.95. The molecule has 0 aromatic carbocycles. The minimum Gasteiger partial charge on any atom is -0.444 e. The van der Waals surface area contributed by atoms with Gasteiger partial charge in [0.2, 0.25) is 5.89 Å². The molecule has 0 amide bonds. The van der Waals surface area contributed by atoms with Crippen LogP contribution in [0.2, 0.25) is 0 Å². The molecule has 2 aromatic rings. The number of pyridine rings is 1. The minimum atomic E-state index is -0.356. The van der Waals surface area contributed by atoms with Crippen molar-refractivity contribution in [3.63, 3.8) is 0 Å². The molecule has 1 N–H and O–H groups in total. The number of nitrogens with zero attached hydrogens (tertiary/aromatic N) is 2. The first-order chi connectivity index (χ1) is 7.65. The van der Waals surface area contributed by atoms with E-state index < -0.39 is 0 Å². The topological polar surface area (TPSA) is 51.0 Å². The number of nitrogens with one attached hydrogen (secondary N) is 1. The zero-order chi connectivity index (χ0) is 11.5. The number of anilines is 1. The van der Waals surface area contributed by atoms with Crippen molar-refractivity contribution in [1.82, 2.24) is 9.97 Å². The maximum Gasteiger partial charge on any atom is 0.216 e. The van der Waals surface area contributed by atoms with Crippen LogP contribution in [0.4, 0.5) is 10.2 Å². The summed E-state index contributed by atoms with van der Waals surface area (Å²) >= 11 is 0. The average molecular weight is 221 g/mol. The van der Waals surface area contributed by atoms with Crippen LogP contribution in [0.15, 0.2) is 28.9 Å². The van der Waals surface area contributed by atoms with Crippen molar-refractivity contribution in [3.8, 4) is 0 Å². The van der Waals surface area contributed by atoms with Gasteiger partial charge in [-0.25, -0.2) is 14.4 Å². The van der Waals surface area contributed by atoms with Crippen LogP contribution in [0.1, 0.15) is 24.6 Å². The summed E-state index contributed by atoms with van der Waals surface area (Å²) in [4.78, 5) is 7.99. The van der Waals surface area contributed by atoms with E-state index in [1.165, 1.54) is 6.07 Å². The van der Waals surface area contributed by atoms with Gasteiger partial charge in [0.05, 0.1) is 12.4 Å². The van der Waals surface area contributed by atoms with Gasteiger partial charge in [0.15, 0.2) is 0 Å². The van der Waals surface area contributed by atoms with Gasteiger partial charge < -0.3 is 9.73 Å². The van der Waals surface area contributed by atoms with E-state index in [0.29, 0.717) is 11.7 Å². The number of halogens is 1. The Hall–Kier alpha value is -1.91. The van der Waals surface area contributed by atoms with Gasteiger partial charge in [0.1, 0.15) is 23.4 Å².